The SMILES string of the molecule is [PH2][Au]([PH2])([PH2])[Cl]. The zero-order valence-electron chi connectivity index (χ0n) is 2.41. The molecule has 0 aliphatic heterocycles. The van der Waals surface area contributed by atoms with Crippen molar-refractivity contribution in [1.29, 1.82) is 0 Å². The Morgan fingerprint density at radius 2 is 1.20 bits per heavy atom. The Bertz CT molecular complexity index is 22.4. The minimum absolute atomic E-state index is 1.67. The molecular weight excluding hydrogens is 325 g/mol. The van der Waals surface area contributed by atoms with Crippen molar-refractivity contribution in [1.82, 2.24) is 0 Å². The summed E-state index contributed by atoms with van der Waals surface area (Å²) in [6.45, 7) is 0. The first-order chi connectivity index (χ1) is 2.00. The van der Waals surface area contributed by atoms with E-state index in [0.717, 1.165) is 0 Å². The fraction of sp³-hybridized carbons (Fsp3) is 0. The van der Waals surface area contributed by atoms with Crippen LogP contribution in [0.3, 0.4) is 0 Å². The van der Waals surface area contributed by atoms with Crippen molar-refractivity contribution >= 4 is 30.6 Å². The molecule has 0 saturated heterocycles. The second kappa shape index (κ2) is 2.58. The fourth-order valence-corrected chi connectivity index (χ4v) is 0. The first kappa shape index (κ1) is 7.32. The van der Waals surface area contributed by atoms with Gasteiger partial charge in [0, 0.05) is 0 Å². The molecule has 0 amide bonds. The van der Waals surface area contributed by atoms with Crippen LogP contribution in [0.15, 0.2) is 0 Å². The van der Waals surface area contributed by atoms with E-state index in [1.807, 2.05) is 0 Å². The van der Waals surface area contributed by atoms with E-state index in [9.17, 15) is 0 Å². The molecule has 0 bridgehead atoms. The third-order valence-electron chi connectivity index (χ3n) is 0. The third-order valence-corrected chi connectivity index (χ3v) is 0. The van der Waals surface area contributed by atoms with Crippen LogP contribution in [0.4, 0.5) is 0 Å². The molecule has 0 radical (unpaired) electrons. The molecule has 0 rings (SSSR count). The molecule has 3 unspecified atom stereocenters. The Hall–Kier alpha value is 2.32. The van der Waals surface area contributed by atoms with Gasteiger partial charge < -0.3 is 0 Å². The molecule has 0 fully saturated rings. The van der Waals surface area contributed by atoms with Crippen molar-refractivity contribution in [3.8, 4) is 0 Å². The summed E-state index contributed by atoms with van der Waals surface area (Å²) in [5.41, 5.74) is 0. The van der Waals surface area contributed by atoms with Crippen LogP contribution in [0.5, 0.6) is 0 Å². The molecule has 0 aliphatic rings. The fourth-order valence-electron chi connectivity index (χ4n) is 0. The summed E-state index contributed by atoms with van der Waals surface area (Å²) in [5.74, 6) is 0. The molecule has 0 aliphatic carbocycles. The summed E-state index contributed by atoms with van der Waals surface area (Å²) in [6, 6.07) is 0. The summed E-state index contributed by atoms with van der Waals surface area (Å²) in [5, 5.41) is 0. The van der Waals surface area contributed by atoms with Crippen LogP contribution in [0.25, 0.3) is 0 Å². The summed E-state index contributed by atoms with van der Waals surface area (Å²) in [4.78, 5) is 0. The maximum absolute atomic E-state index is 5.59. The summed E-state index contributed by atoms with van der Waals surface area (Å²) in [6.07, 6.45) is 0. The predicted molar refractivity (Wildman–Crippen MR) is 35.0 cm³/mol. The Morgan fingerprint density at radius 1 is 1.20 bits per heavy atom. The second-order valence-electron chi connectivity index (χ2n) is 0.499. The van der Waals surface area contributed by atoms with Crippen LogP contribution in [0.1, 0.15) is 0 Å². The molecule has 0 nitrogen and oxygen atoms in total. The van der Waals surface area contributed by atoms with Crippen LogP contribution in [0.2, 0.25) is 0 Å². The van der Waals surface area contributed by atoms with Gasteiger partial charge in [-0.25, -0.2) is 0 Å². The van der Waals surface area contributed by atoms with Crippen molar-refractivity contribution in [2.24, 2.45) is 0 Å². The Morgan fingerprint density at radius 3 is 1.20 bits per heavy atom. The Kier molecular flexibility index (Phi) is 3.78. The molecule has 5 heavy (non-hydrogen) atoms. The van der Waals surface area contributed by atoms with Gasteiger partial charge in [0.15, 0.2) is 0 Å². The van der Waals surface area contributed by atoms with Gasteiger partial charge in [-0.2, -0.15) is 0 Å². The quantitative estimate of drug-likeness (QED) is 0.468. The molecule has 39 valence electrons. The average molecular weight is 331 g/mol. The van der Waals surface area contributed by atoms with E-state index >= 15 is 0 Å². The predicted octanol–water partition coefficient (Wildman–Crippen LogP) is 1.66. The average Bonchev–Trinajstić information content (AvgIpc) is 0.722. The van der Waals surface area contributed by atoms with E-state index in [1.165, 1.54) is 0 Å². The zero-order chi connectivity index (χ0) is 4.50. The molecule has 0 N–H and O–H groups in total. The zero-order valence-corrected chi connectivity index (χ0v) is 8.80. The molecule has 3 atom stereocenters. The van der Waals surface area contributed by atoms with Gasteiger partial charge in [-0.15, -0.1) is 0 Å². The Labute approximate surface area is 45.0 Å². The molecule has 5 heteroatoms. The summed E-state index contributed by atoms with van der Waals surface area (Å²) in [7, 11) is 13.3. The molecule has 0 spiro atoms. The van der Waals surface area contributed by atoms with Crippen LogP contribution in [-0.4, -0.2) is 0 Å². The molecule has 0 aromatic carbocycles. The minimum atomic E-state index is -1.67. The summed E-state index contributed by atoms with van der Waals surface area (Å²) >= 11 is -1.67. The standard InChI is InChI=1S/Au.ClH.3H2P/h;1H;3*1H2/q+4;;3*-1/p-1. The maximum atomic E-state index is 5.59. The molecular formula is H6AuClP3. The van der Waals surface area contributed by atoms with E-state index in [4.69, 9.17) is 9.19 Å². The van der Waals surface area contributed by atoms with Gasteiger partial charge in [0.05, 0.1) is 0 Å². The van der Waals surface area contributed by atoms with Gasteiger partial charge in [0.2, 0.25) is 0 Å². The topological polar surface area (TPSA) is 0 Å². The number of hydrogen-bond donors (Lipinski definition) is 0. The number of rotatable bonds is 0. The molecule has 0 aromatic heterocycles. The second-order valence-corrected chi connectivity index (χ2v) is 36.8. The van der Waals surface area contributed by atoms with Crippen molar-refractivity contribution in [3.63, 3.8) is 0 Å². The molecule has 0 aromatic rings. The van der Waals surface area contributed by atoms with Crippen LogP contribution < -0.4 is 0 Å². The van der Waals surface area contributed by atoms with Gasteiger partial charge in [-0.1, -0.05) is 0 Å². The van der Waals surface area contributed by atoms with E-state index in [0.29, 0.717) is 0 Å². The first-order valence-electron chi connectivity index (χ1n) is 0.636. The number of hydrogen-bond acceptors (Lipinski definition) is 0. The van der Waals surface area contributed by atoms with E-state index < -0.39 is 14.5 Å². The van der Waals surface area contributed by atoms with Gasteiger partial charge in [-0.3, -0.25) is 0 Å². The van der Waals surface area contributed by atoms with Crippen molar-refractivity contribution in [2.45, 2.75) is 0 Å². The molecule has 0 heterocycles. The van der Waals surface area contributed by atoms with Crippen LogP contribution in [0, 0.1) is 0 Å². The Balaban J connectivity index is 3.02. The number of halogens is 1. The summed E-state index contributed by atoms with van der Waals surface area (Å²) < 4.78 is 0. The normalized spacial score (nSPS) is 15.2. The van der Waals surface area contributed by atoms with E-state index in [1.54, 1.807) is 0 Å². The molecule has 0 saturated carbocycles. The first-order valence-corrected chi connectivity index (χ1v) is 15.6. The van der Waals surface area contributed by atoms with Crippen molar-refractivity contribution in [3.05, 3.63) is 0 Å². The van der Waals surface area contributed by atoms with Gasteiger partial charge in [0.25, 0.3) is 0 Å². The van der Waals surface area contributed by atoms with Gasteiger partial charge >= 0.3 is 45.0 Å². The van der Waals surface area contributed by atoms with Gasteiger partial charge in [-0.05, 0) is 0 Å². The van der Waals surface area contributed by atoms with Crippen LogP contribution >= 0.6 is 30.6 Å². The van der Waals surface area contributed by atoms with E-state index in [2.05, 4.69) is 21.4 Å². The van der Waals surface area contributed by atoms with Crippen LogP contribution in [-0.2, 0) is 14.5 Å². The van der Waals surface area contributed by atoms with Gasteiger partial charge in [0.1, 0.15) is 0 Å². The van der Waals surface area contributed by atoms with Crippen molar-refractivity contribution < 1.29 is 14.5 Å². The monoisotopic (exact) mass is 331 g/mol. The van der Waals surface area contributed by atoms with Crippen molar-refractivity contribution in [2.75, 3.05) is 0 Å². The third kappa shape index (κ3) is 21.9. The van der Waals surface area contributed by atoms with E-state index in [-0.39, 0.29) is 0 Å².